The van der Waals surface area contributed by atoms with Gasteiger partial charge in [-0.25, -0.2) is 12.8 Å². The Balaban J connectivity index is 2.08. The van der Waals surface area contributed by atoms with Crippen LogP contribution >= 0.6 is 0 Å². The van der Waals surface area contributed by atoms with E-state index in [0.29, 0.717) is 0 Å². The highest BCUT2D eigenvalue weighted by Gasteiger charge is 2.26. The van der Waals surface area contributed by atoms with Crippen molar-refractivity contribution in [1.82, 2.24) is 0 Å². The molecule has 0 amide bonds. The number of hydrogen-bond acceptors (Lipinski definition) is 3. The number of halogens is 1. The lowest BCUT2D eigenvalue weighted by Gasteiger charge is -2.20. The minimum Gasteiger partial charge on any atom is -0.298 e. The van der Waals surface area contributed by atoms with Crippen molar-refractivity contribution in [1.29, 1.82) is 0 Å². The van der Waals surface area contributed by atoms with Crippen LogP contribution in [0.5, 0.6) is 0 Å². The molecule has 0 unspecified atom stereocenters. The van der Waals surface area contributed by atoms with Crippen LogP contribution in [0.3, 0.4) is 0 Å². The Kier molecular flexibility index (Phi) is 4.34. The Labute approximate surface area is 112 Å². The minimum absolute atomic E-state index is 0.0121. The topological polar surface area (TPSA) is 51.2 Å². The Morgan fingerprint density at radius 2 is 1.68 bits per heavy atom. The average Bonchev–Trinajstić information content (AvgIpc) is 2.40. The number of hydrogen-bond donors (Lipinski definition) is 0. The molecule has 0 radical (unpaired) electrons. The van der Waals surface area contributed by atoms with E-state index in [4.69, 9.17) is 0 Å². The molecule has 0 spiro atoms. The van der Waals surface area contributed by atoms with Gasteiger partial charge in [0.2, 0.25) is 0 Å². The molecular weight excluding hydrogens is 267 g/mol. The van der Waals surface area contributed by atoms with Gasteiger partial charge in [-0.15, -0.1) is 0 Å². The Hall–Kier alpha value is -1.23. The number of benzene rings is 1. The summed E-state index contributed by atoms with van der Waals surface area (Å²) in [6.07, 6.45) is 4.68. The highest BCUT2D eigenvalue weighted by Crippen LogP contribution is 2.25. The van der Waals surface area contributed by atoms with E-state index in [0.717, 1.165) is 44.2 Å². The molecule has 2 rings (SSSR count). The molecule has 104 valence electrons. The van der Waals surface area contributed by atoms with Crippen molar-refractivity contribution in [3.05, 3.63) is 30.1 Å². The zero-order chi connectivity index (χ0) is 13.9. The molecule has 1 aliphatic rings. The molecule has 0 aliphatic heterocycles. The van der Waals surface area contributed by atoms with Gasteiger partial charge in [0.25, 0.3) is 0 Å². The second kappa shape index (κ2) is 5.82. The van der Waals surface area contributed by atoms with Gasteiger partial charge in [0.05, 0.1) is 4.90 Å². The highest BCUT2D eigenvalue weighted by molar-refractivity contribution is 7.92. The summed E-state index contributed by atoms with van der Waals surface area (Å²) in [4.78, 5) is 12.0. The van der Waals surface area contributed by atoms with Gasteiger partial charge in [0.15, 0.2) is 15.6 Å². The molecule has 0 bridgehead atoms. The van der Waals surface area contributed by atoms with Gasteiger partial charge in [-0.3, -0.25) is 4.79 Å². The lowest BCUT2D eigenvalue weighted by molar-refractivity contribution is -0.121. The SMILES string of the molecule is O=C(CS(=O)(=O)c1ccc(F)cc1)C1CCCCC1. The third-order valence-corrected chi connectivity index (χ3v) is 5.22. The number of Topliss-reactive ketones (excluding diaryl/α,β-unsaturated/α-hetero) is 1. The first-order valence-corrected chi connectivity index (χ1v) is 8.15. The normalized spacial score (nSPS) is 17.3. The van der Waals surface area contributed by atoms with E-state index in [-0.39, 0.29) is 16.6 Å². The summed E-state index contributed by atoms with van der Waals surface area (Å²) in [5.74, 6) is -1.28. The molecule has 0 saturated heterocycles. The van der Waals surface area contributed by atoms with Crippen LogP contribution in [0, 0.1) is 11.7 Å². The standard InChI is InChI=1S/C14H17FO3S/c15-12-6-8-13(9-7-12)19(17,18)10-14(16)11-4-2-1-3-5-11/h6-9,11H,1-5,10H2. The van der Waals surface area contributed by atoms with Gasteiger partial charge in [-0.05, 0) is 37.1 Å². The molecule has 1 saturated carbocycles. The maximum absolute atomic E-state index is 12.8. The third kappa shape index (κ3) is 3.62. The molecule has 5 heteroatoms. The predicted octanol–water partition coefficient (Wildman–Crippen LogP) is 2.75. The first-order chi connectivity index (χ1) is 8.99. The summed E-state index contributed by atoms with van der Waals surface area (Å²) < 4.78 is 36.9. The van der Waals surface area contributed by atoms with Crippen LogP contribution in [0.1, 0.15) is 32.1 Å². The highest BCUT2D eigenvalue weighted by atomic mass is 32.2. The fourth-order valence-corrected chi connectivity index (χ4v) is 3.78. The van der Waals surface area contributed by atoms with E-state index >= 15 is 0 Å². The quantitative estimate of drug-likeness (QED) is 0.799. The van der Waals surface area contributed by atoms with Crippen LogP contribution in [-0.2, 0) is 14.6 Å². The Morgan fingerprint density at radius 3 is 2.26 bits per heavy atom. The van der Waals surface area contributed by atoms with Crippen LogP contribution in [-0.4, -0.2) is 20.0 Å². The monoisotopic (exact) mass is 284 g/mol. The number of ketones is 1. The molecule has 0 atom stereocenters. The maximum Gasteiger partial charge on any atom is 0.185 e. The average molecular weight is 284 g/mol. The lowest BCUT2D eigenvalue weighted by Crippen LogP contribution is -2.25. The molecule has 19 heavy (non-hydrogen) atoms. The van der Waals surface area contributed by atoms with Crippen LogP contribution in [0.4, 0.5) is 4.39 Å². The van der Waals surface area contributed by atoms with Crippen LogP contribution < -0.4 is 0 Å². The fraction of sp³-hybridized carbons (Fsp3) is 0.500. The molecule has 1 aromatic rings. The summed E-state index contributed by atoms with van der Waals surface area (Å²) in [6, 6.07) is 4.60. The van der Waals surface area contributed by atoms with Crippen molar-refractivity contribution in [3.8, 4) is 0 Å². The van der Waals surface area contributed by atoms with Gasteiger partial charge < -0.3 is 0 Å². The zero-order valence-electron chi connectivity index (χ0n) is 10.6. The third-order valence-electron chi connectivity index (χ3n) is 3.57. The fourth-order valence-electron chi connectivity index (χ4n) is 2.45. The Morgan fingerprint density at radius 1 is 1.11 bits per heavy atom. The largest absolute Gasteiger partial charge is 0.298 e. The predicted molar refractivity (Wildman–Crippen MR) is 70.0 cm³/mol. The molecule has 1 fully saturated rings. The van der Waals surface area contributed by atoms with E-state index in [1.165, 1.54) is 12.1 Å². The first kappa shape index (κ1) is 14.2. The van der Waals surface area contributed by atoms with E-state index in [1.807, 2.05) is 0 Å². The molecule has 0 aromatic heterocycles. The van der Waals surface area contributed by atoms with E-state index in [9.17, 15) is 17.6 Å². The van der Waals surface area contributed by atoms with E-state index < -0.39 is 21.4 Å². The van der Waals surface area contributed by atoms with Crippen molar-refractivity contribution in [3.63, 3.8) is 0 Å². The van der Waals surface area contributed by atoms with Crippen molar-refractivity contribution >= 4 is 15.6 Å². The van der Waals surface area contributed by atoms with Gasteiger partial charge >= 0.3 is 0 Å². The van der Waals surface area contributed by atoms with E-state index in [1.54, 1.807) is 0 Å². The van der Waals surface area contributed by atoms with Crippen molar-refractivity contribution in [2.45, 2.75) is 37.0 Å². The molecule has 1 aromatic carbocycles. The van der Waals surface area contributed by atoms with Crippen LogP contribution in [0.15, 0.2) is 29.2 Å². The summed E-state index contributed by atoms with van der Waals surface area (Å²) in [5, 5.41) is 0. The second-order valence-corrected chi connectivity index (χ2v) is 7.00. The van der Waals surface area contributed by atoms with E-state index in [2.05, 4.69) is 0 Å². The van der Waals surface area contributed by atoms with Gasteiger partial charge in [0.1, 0.15) is 11.6 Å². The summed E-state index contributed by atoms with van der Waals surface area (Å²) >= 11 is 0. The Bertz CT molecular complexity index is 543. The van der Waals surface area contributed by atoms with Crippen molar-refractivity contribution in [2.75, 3.05) is 5.75 Å². The smallest absolute Gasteiger partial charge is 0.185 e. The molecule has 0 heterocycles. The number of carbonyl (C=O) groups is 1. The van der Waals surface area contributed by atoms with Crippen molar-refractivity contribution in [2.24, 2.45) is 5.92 Å². The molecule has 3 nitrogen and oxygen atoms in total. The number of rotatable bonds is 4. The van der Waals surface area contributed by atoms with Gasteiger partial charge in [-0.1, -0.05) is 19.3 Å². The first-order valence-electron chi connectivity index (χ1n) is 6.50. The van der Waals surface area contributed by atoms with Gasteiger partial charge in [0, 0.05) is 5.92 Å². The zero-order valence-corrected chi connectivity index (χ0v) is 11.5. The maximum atomic E-state index is 12.8. The molecular formula is C14H17FO3S. The van der Waals surface area contributed by atoms with Crippen molar-refractivity contribution < 1.29 is 17.6 Å². The van der Waals surface area contributed by atoms with Crippen LogP contribution in [0.25, 0.3) is 0 Å². The number of sulfone groups is 1. The molecule has 0 N–H and O–H groups in total. The van der Waals surface area contributed by atoms with Gasteiger partial charge in [-0.2, -0.15) is 0 Å². The summed E-state index contributed by atoms with van der Waals surface area (Å²) in [6.45, 7) is 0. The van der Waals surface area contributed by atoms with Crippen LogP contribution in [0.2, 0.25) is 0 Å². The lowest BCUT2D eigenvalue weighted by atomic mass is 9.87. The number of carbonyl (C=O) groups excluding carboxylic acids is 1. The molecule has 1 aliphatic carbocycles. The minimum atomic E-state index is -3.64. The second-order valence-electron chi connectivity index (χ2n) is 5.01. The summed E-state index contributed by atoms with van der Waals surface area (Å²) in [5.41, 5.74) is 0. The summed E-state index contributed by atoms with van der Waals surface area (Å²) in [7, 11) is -3.64.